The monoisotopic (exact) mass is 767 g/mol. The molecule has 0 saturated heterocycles. The zero-order chi connectivity index (χ0) is 40.0. The van der Waals surface area contributed by atoms with Crippen molar-refractivity contribution in [3.63, 3.8) is 0 Å². The standard InChI is InChI=1S/C46H87NO7/c1-6-8-10-12-14-16-18-20-21-22-23-24-25-27-28-30-32-34-36-44(48)53-41-42(40-52-39-38-43(46(50)51)47(3,4)5)54-45(49)37-35-33-31-29-26-19-17-15-13-11-9-7-2/h15,17,42-43H,6-14,16,18-41H2,1-5H3/p+1/b17-15+. The maximum atomic E-state index is 12.7. The van der Waals surface area contributed by atoms with Crippen LogP contribution in [-0.2, 0) is 28.6 Å². The number of hydrogen-bond donors (Lipinski definition) is 1. The van der Waals surface area contributed by atoms with Crippen molar-refractivity contribution >= 4 is 17.9 Å². The molecule has 0 spiro atoms. The summed E-state index contributed by atoms with van der Waals surface area (Å²) in [6.45, 7) is 4.73. The number of carboxylic acids is 1. The molecule has 0 aliphatic rings. The summed E-state index contributed by atoms with van der Waals surface area (Å²) in [7, 11) is 5.53. The minimum atomic E-state index is -0.874. The first-order valence-electron chi connectivity index (χ1n) is 22.7. The van der Waals surface area contributed by atoms with Gasteiger partial charge in [-0.3, -0.25) is 9.59 Å². The molecule has 0 radical (unpaired) electrons. The van der Waals surface area contributed by atoms with E-state index >= 15 is 0 Å². The molecule has 0 aliphatic heterocycles. The molecule has 1 N–H and O–H groups in total. The quantitative estimate of drug-likeness (QED) is 0.0286. The van der Waals surface area contributed by atoms with E-state index in [0.29, 0.717) is 19.3 Å². The van der Waals surface area contributed by atoms with E-state index in [4.69, 9.17) is 14.2 Å². The van der Waals surface area contributed by atoms with Crippen LogP contribution < -0.4 is 0 Å². The highest BCUT2D eigenvalue weighted by molar-refractivity contribution is 5.72. The van der Waals surface area contributed by atoms with Gasteiger partial charge in [0, 0.05) is 19.3 Å². The van der Waals surface area contributed by atoms with Crippen LogP contribution in [0.1, 0.15) is 213 Å². The Morgan fingerprint density at radius 3 is 1.37 bits per heavy atom. The summed E-state index contributed by atoms with van der Waals surface area (Å²) in [5, 5.41) is 9.61. The van der Waals surface area contributed by atoms with Crippen molar-refractivity contribution in [2.75, 3.05) is 41.0 Å². The number of aliphatic carboxylic acids is 1. The van der Waals surface area contributed by atoms with Gasteiger partial charge in [-0.15, -0.1) is 0 Å². The number of carboxylic acid groups (broad SMARTS) is 1. The molecule has 0 aromatic carbocycles. The molecular formula is C46H88NO7+. The van der Waals surface area contributed by atoms with Crippen LogP contribution in [0.25, 0.3) is 0 Å². The summed E-state index contributed by atoms with van der Waals surface area (Å²) < 4.78 is 17.3. The molecular weight excluding hydrogens is 679 g/mol. The highest BCUT2D eigenvalue weighted by atomic mass is 16.6. The van der Waals surface area contributed by atoms with Crippen molar-refractivity contribution in [2.45, 2.75) is 225 Å². The van der Waals surface area contributed by atoms with Gasteiger partial charge in [-0.1, -0.05) is 167 Å². The molecule has 54 heavy (non-hydrogen) atoms. The van der Waals surface area contributed by atoms with Gasteiger partial charge in [0.15, 0.2) is 12.1 Å². The largest absolute Gasteiger partial charge is 0.477 e. The van der Waals surface area contributed by atoms with Crippen LogP contribution in [0.2, 0.25) is 0 Å². The van der Waals surface area contributed by atoms with Crippen LogP contribution >= 0.6 is 0 Å². The zero-order valence-electron chi connectivity index (χ0n) is 36.2. The molecule has 0 amide bonds. The van der Waals surface area contributed by atoms with Crippen molar-refractivity contribution in [3.8, 4) is 0 Å². The number of esters is 2. The maximum absolute atomic E-state index is 12.7. The van der Waals surface area contributed by atoms with E-state index in [1.165, 1.54) is 128 Å². The third-order valence-electron chi connectivity index (χ3n) is 10.4. The van der Waals surface area contributed by atoms with Gasteiger partial charge in [0.2, 0.25) is 0 Å². The van der Waals surface area contributed by atoms with Gasteiger partial charge in [0.25, 0.3) is 0 Å². The van der Waals surface area contributed by atoms with E-state index in [1.54, 1.807) is 0 Å². The Hall–Kier alpha value is -1.93. The molecule has 0 saturated carbocycles. The molecule has 0 fully saturated rings. The van der Waals surface area contributed by atoms with Gasteiger partial charge in [-0.2, -0.15) is 0 Å². The second-order valence-corrected chi connectivity index (χ2v) is 16.7. The van der Waals surface area contributed by atoms with E-state index in [9.17, 15) is 19.5 Å². The van der Waals surface area contributed by atoms with Gasteiger partial charge in [-0.25, -0.2) is 4.79 Å². The molecule has 0 bridgehead atoms. The number of allylic oxidation sites excluding steroid dienone is 2. The molecule has 0 aliphatic carbocycles. The third-order valence-corrected chi connectivity index (χ3v) is 10.4. The van der Waals surface area contributed by atoms with E-state index in [1.807, 2.05) is 21.1 Å². The lowest BCUT2D eigenvalue weighted by atomic mass is 10.0. The Kier molecular flexibility index (Phi) is 36.6. The van der Waals surface area contributed by atoms with Crippen LogP contribution in [-0.4, -0.2) is 80.6 Å². The number of ether oxygens (including phenoxy) is 3. The fourth-order valence-electron chi connectivity index (χ4n) is 6.85. The fourth-order valence-corrected chi connectivity index (χ4v) is 6.85. The molecule has 0 rings (SSSR count). The smallest absolute Gasteiger partial charge is 0.362 e. The lowest BCUT2D eigenvalue weighted by Crippen LogP contribution is -2.50. The van der Waals surface area contributed by atoms with Gasteiger partial charge in [0.1, 0.15) is 6.61 Å². The number of quaternary nitrogens is 1. The lowest BCUT2D eigenvalue weighted by molar-refractivity contribution is -0.887. The van der Waals surface area contributed by atoms with Gasteiger partial charge in [0.05, 0.1) is 34.4 Å². The van der Waals surface area contributed by atoms with E-state index < -0.39 is 18.1 Å². The minimum absolute atomic E-state index is 0.0483. The van der Waals surface area contributed by atoms with E-state index in [-0.39, 0.29) is 36.2 Å². The minimum Gasteiger partial charge on any atom is -0.477 e. The second kappa shape index (κ2) is 38.0. The average molecular weight is 767 g/mol. The first kappa shape index (κ1) is 52.1. The summed E-state index contributed by atoms with van der Waals surface area (Å²) >= 11 is 0. The van der Waals surface area contributed by atoms with Crippen LogP contribution in [0.15, 0.2) is 12.2 Å². The first-order valence-corrected chi connectivity index (χ1v) is 22.7. The molecule has 318 valence electrons. The Morgan fingerprint density at radius 1 is 0.537 bits per heavy atom. The van der Waals surface area contributed by atoms with Gasteiger partial charge in [-0.05, 0) is 38.5 Å². The predicted molar refractivity (Wildman–Crippen MR) is 225 cm³/mol. The number of nitrogens with zero attached hydrogens (tertiary/aromatic N) is 1. The summed E-state index contributed by atoms with van der Waals surface area (Å²) in [6.07, 6.45) is 39.7. The Bertz CT molecular complexity index is 900. The van der Waals surface area contributed by atoms with E-state index in [2.05, 4.69) is 26.0 Å². The summed E-state index contributed by atoms with van der Waals surface area (Å²) in [5.74, 6) is -1.46. The molecule has 8 heteroatoms. The molecule has 2 atom stereocenters. The number of likely N-dealkylation sites (N-methyl/N-ethyl adjacent to an activating group) is 1. The third kappa shape index (κ3) is 35.8. The Labute approximate surface area is 333 Å². The van der Waals surface area contributed by atoms with Crippen LogP contribution in [0.5, 0.6) is 0 Å². The van der Waals surface area contributed by atoms with Crippen LogP contribution in [0.4, 0.5) is 0 Å². The Morgan fingerprint density at radius 2 is 0.926 bits per heavy atom. The molecule has 0 heterocycles. The number of hydrogen-bond acceptors (Lipinski definition) is 6. The summed E-state index contributed by atoms with van der Waals surface area (Å²) in [4.78, 5) is 36.9. The SMILES string of the molecule is CCCCC/C=C/CCCCCCCC(=O)OC(COCCC(C(=O)O)[N+](C)(C)C)COC(=O)CCCCCCCCCCCCCCCCCCCC. The van der Waals surface area contributed by atoms with Crippen molar-refractivity contribution in [3.05, 3.63) is 12.2 Å². The zero-order valence-corrected chi connectivity index (χ0v) is 36.2. The Balaban J connectivity index is 4.26. The highest BCUT2D eigenvalue weighted by Gasteiger charge is 2.31. The van der Waals surface area contributed by atoms with Gasteiger partial charge >= 0.3 is 17.9 Å². The average Bonchev–Trinajstić information content (AvgIpc) is 3.12. The maximum Gasteiger partial charge on any atom is 0.362 e. The number of carbonyl (C=O) groups excluding carboxylic acids is 2. The molecule has 8 nitrogen and oxygen atoms in total. The molecule has 2 unspecified atom stereocenters. The van der Waals surface area contributed by atoms with Crippen LogP contribution in [0.3, 0.4) is 0 Å². The summed E-state index contributed by atoms with van der Waals surface area (Å²) in [5.41, 5.74) is 0. The molecule has 0 aromatic rings. The summed E-state index contributed by atoms with van der Waals surface area (Å²) in [6, 6.07) is -0.611. The number of rotatable bonds is 41. The molecule has 0 aromatic heterocycles. The normalized spacial score (nSPS) is 13.0. The van der Waals surface area contributed by atoms with Gasteiger partial charge < -0.3 is 23.8 Å². The fraction of sp³-hybridized carbons (Fsp3) is 0.891. The van der Waals surface area contributed by atoms with Crippen molar-refractivity contribution < 1.29 is 38.2 Å². The first-order chi connectivity index (χ1) is 26.1. The second-order valence-electron chi connectivity index (χ2n) is 16.7. The number of unbranched alkanes of at least 4 members (excludes halogenated alkanes) is 25. The van der Waals surface area contributed by atoms with Crippen LogP contribution in [0, 0.1) is 0 Å². The van der Waals surface area contributed by atoms with Crippen molar-refractivity contribution in [1.82, 2.24) is 0 Å². The van der Waals surface area contributed by atoms with Crippen molar-refractivity contribution in [1.29, 1.82) is 0 Å². The predicted octanol–water partition coefficient (Wildman–Crippen LogP) is 12.3. The van der Waals surface area contributed by atoms with Crippen molar-refractivity contribution in [2.24, 2.45) is 0 Å². The van der Waals surface area contributed by atoms with E-state index in [0.717, 1.165) is 51.4 Å². The highest BCUT2D eigenvalue weighted by Crippen LogP contribution is 2.16. The topological polar surface area (TPSA) is 99.1 Å². The lowest BCUT2D eigenvalue weighted by Gasteiger charge is -2.31. The number of carbonyl (C=O) groups is 3.